The molecular formula is C15H18F2O3. The highest BCUT2D eigenvalue weighted by Crippen LogP contribution is 2.49. The Labute approximate surface area is 116 Å². The van der Waals surface area contributed by atoms with Crippen LogP contribution in [0.3, 0.4) is 0 Å². The molecule has 0 aromatic carbocycles. The zero-order valence-corrected chi connectivity index (χ0v) is 11.4. The quantitative estimate of drug-likeness (QED) is 0.321. The highest BCUT2D eigenvalue weighted by Gasteiger charge is 2.61. The van der Waals surface area contributed by atoms with Crippen molar-refractivity contribution in [2.24, 2.45) is 5.92 Å². The van der Waals surface area contributed by atoms with Crippen molar-refractivity contribution < 1.29 is 23.0 Å². The maximum absolute atomic E-state index is 13.0. The highest BCUT2D eigenvalue weighted by atomic mass is 19.3. The molecule has 2 saturated heterocycles. The van der Waals surface area contributed by atoms with Crippen LogP contribution in [-0.2, 0) is 14.3 Å². The fourth-order valence-electron chi connectivity index (χ4n) is 3.28. The summed E-state index contributed by atoms with van der Waals surface area (Å²) >= 11 is 0. The number of carbonyl (C=O) groups excluding carboxylic acids is 1. The third-order valence-electron chi connectivity index (χ3n) is 4.66. The van der Waals surface area contributed by atoms with E-state index in [9.17, 15) is 13.6 Å². The summed E-state index contributed by atoms with van der Waals surface area (Å²) in [5.74, 6) is -0.630. The third-order valence-corrected chi connectivity index (χ3v) is 4.66. The summed E-state index contributed by atoms with van der Waals surface area (Å²) in [6.07, 6.45) is 0.659. The SMILES string of the molecule is C=C1C(=O)O[C@H]2[C@H]1CC/C(C(F)F)=C\CC[C@@]1(C)O[C@@H]21. The molecule has 0 bridgehead atoms. The van der Waals surface area contributed by atoms with Gasteiger partial charge in [0.25, 0.3) is 6.43 Å². The highest BCUT2D eigenvalue weighted by molar-refractivity contribution is 5.91. The Hall–Kier alpha value is -1.23. The zero-order valence-electron chi connectivity index (χ0n) is 11.4. The summed E-state index contributed by atoms with van der Waals surface area (Å²) in [5.41, 5.74) is 0.176. The van der Waals surface area contributed by atoms with E-state index >= 15 is 0 Å². The minimum Gasteiger partial charge on any atom is -0.455 e. The van der Waals surface area contributed by atoms with Gasteiger partial charge in [0.05, 0.1) is 5.60 Å². The van der Waals surface area contributed by atoms with Gasteiger partial charge in [-0.3, -0.25) is 0 Å². The topological polar surface area (TPSA) is 38.8 Å². The predicted octanol–water partition coefficient (Wildman–Crippen LogP) is 3.01. The van der Waals surface area contributed by atoms with Crippen molar-refractivity contribution in [3.8, 4) is 0 Å². The van der Waals surface area contributed by atoms with E-state index < -0.39 is 12.4 Å². The predicted molar refractivity (Wildman–Crippen MR) is 68.3 cm³/mol. The first-order valence-corrected chi connectivity index (χ1v) is 6.97. The molecule has 2 aliphatic heterocycles. The van der Waals surface area contributed by atoms with Gasteiger partial charge < -0.3 is 9.47 Å². The fourth-order valence-corrected chi connectivity index (χ4v) is 3.28. The number of hydrogen-bond donors (Lipinski definition) is 0. The minimum absolute atomic E-state index is 0.128. The van der Waals surface area contributed by atoms with Crippen molar-refractivity contribution in [2.45, 2.75) is 56.8 Å². The van der Waals surface area contributed by atoms with E-state index in [1.807, 2.05) is 6.92 Å². The van der Waals surface area contributed by atoms with Crippen LogP contribution in [0.4, 0.5) is 8.78 Å². The van der Waals surface area contributed by atoms with Gasteiger partial charge in [-0.1, -0.05) is 12.7 Å². The lowest BCUT2D eigenvalue weighted by atomic mass is 9.84. The third kappa shape index (κ3) is 2.18. The van der Waals surface area contributed by atoms with Crippen molar-refractivity contribution >= 4 is 5.97 Å². The lowest BCUT2D eigenvalue weighted by Gasteiger charge is -2.19. The van der Waals surface area contributed by atoms with E-state index in [0.717, 1.165) is 0 Å². The van der Waals surface area contributed by atoms with Gasteiger partial charge in [-0.2, -0.15) is 0 Å². The molecule has 4 atom stereocenters. The largest absolute Gasteiger partial charge is 0.455 e. The van der Waals surface area contributed by atoms with E-state index in [0.29, 0.717) is 24.8 Å². The number of alkyl halides is 2. The molecule has 0 radical (unpaired) electrons. The van der Waals surface area contributed by atoms with Crippen LogP contribution in [-0.4, -0.2) is 30.2 Å². The van der Waals surface area contributed by atoms with Crippen LogP contribution in [0.15, 0.2) is 23.8 Å². The maximum Gasteiger partial charge on any atom is 0.334 e. The van der Waals surface area contributed by atoms with Gasteiger partial charge in [-0.15, -0.1) is 0 Å². The van der Waals surface area contributed by atoms with Crippen LogP contribution in [0.5, 0.6) is 0 Å². The van der Waals surface area contributed by atoms with Gasteiger partial charge in [-0.05, 0) is 38.2 Å². The monoisotopic (exact) mass is 284 g/mol. The Balaban J connectivity index is 1.86. The first kappa shape index (κ1) is 13.7. The van der Waals surface area contributed by atoms with Crippen LogP contribution in [0.2, 0.25) is 0 Å². The number of carbonyl (C=O) groups is 1. The Morgan fingerprint density at radius 2 is 2.25 bits per heavy atom. The van der Waals surface area contributed by atoms with E-state index in [-0.39, 0.29) is 35.7 Å². The number of fused-ring (bicyclic) bond motifs is 3. The summed E-state index contributed by atoms with van der Waals surface area (Å²) < 4.78 is 37.0. The van der Waals surface area contributed by atoms with Crippen LogP contribution in [0, 0.1) is 5.92 Å². The second kappa shape index (κ2) is 4.65. The molecule has 0 aromatic heterocycles. The number of esters is 1. The Morgan fingerprint density at radius 3 is 2.95 bits per heavy atom. The Morgan fingerprint density at radius 1 is 1.50 bits per heavy atom. The molecule has 2 fully saturated rings. The minimum atomic E-state index is -2.44. The summed E-state index contributed by atoms with van der Waals surface area (Å²) in [5, 5.41) is 0. The molecule has 3 rings (SSSR count). The number of allylic oxidation sites excluding steroid dienone is 2. The van der Waals surface area contributed by atoms with Gasteiger partial charge in [0.1, 0.15) is 12.2 Å². The van der Waals surface area contributed by atoms with E-state index in [2.05, 4.69) is 6.58 Å². The standard InChI is InChI=1S/C15H18F2O3/c1-8-10-6-5-9(13(16)17)4-3-7-15(2)12(20-15)11(10)19-14(8)18/h4,10-13H,1,3,5-7H2,2H3/b9-4+/t10-,11-,12-,15+/m0/s1. The van der Waals surface area contributed by atoms with Crippen molar-refractivity contribution in [2.75, 3.05) is 0 Å². The molecule has 110 valence electrons. The molecular weight excluding hydrogens is 266 g/mol. The van der Waals surface area contributed by atoms with Crippen molar-refractivity contribution in [1.29, 1.82) is 0 Å². The molecule has 3 aliphatic rings. The molecule has 1 aliphatic carbocycles. The average Bonchev–Trinajstić information content (AvgIpc) is 2.97. The van der Waals surface area contributed by atoms with Crippen molar-refractivity contribution in [1.82, 2.24) is 0 Å². The summed E-state index contributed by atoms with van der Waals surface area (Å²) in [7, 11) is 0. The van der Waals surface area contributed by atoms with Crippen LogP contribution >= 0.6 is 0 Å². The van der Waals surface area contributed by atoms with E-state index in [1.54, 1.807) is 6.08 Å². The molecule has 0 amide bonds. The molecule has 0 N–H and O–H groups in total. The molecule has 0 aromatic rings. The smallest absolute Gasteiger partial charge is 0.334 e. The first-order valence-electron chi connectivity index (χ1n) is 6.97. The van der Waals surface area contributed by atoms with Crippen molar-refractivity contribution in [3.05, 3.63) is 23.8 Å². The number of halogens is 2. The lowest BCUT2D eigenvalue weighted by Crippen LogP contribution is -2.29. The summed E-state index contributed by atoms with van der Waals surface area (Å²) in [4.78, 5) is 11.7. The van der Waals surface area contributed by atoms with Crippen LogP contribution < -0.4 is 0 Å². The number of epoxide rings is 1. The number of ether oxygens (including phenoxy) is 2. The second-order valence-corrected chi connectivity index (χ2v) is 6.01. The van der Waals surface area contributed by atoms with E-state index in [1.165, 1.54) is 0 Å². The van der Waals surface area contributed by atoms with Crippen LogP contribution in [0.25, 0.3) is 0 Å². The Kier molecular flexibility index (Phi) is 3.20. The maximum atomic E-state index is 13.0. The normalized spacial score (nSPS) is 43.4. The number of hydrogen-bond acceptors (Lipinski definition) is 3. The summed E-state index contributed by atoms with van der Waals surface area (Å²) in [6.45, 7) is 5.70. The molecule has 20 heavy (non-hydrogen) atoms. The zero-order chi connectivity index (χ0) is 14.5. The van der Waals surface area contributed by atoms with Crippen molar-refractivity contribution in [3.63, 3.8) is 0 Å². The van der Waals surface area contributed by atoms with Gasteiger partial charge in [0.2, 0.25) is 0 Å². The molecule has 0 spiro atoms. The molecule has 5 heteroatoms. The molecule has 3 nitrogen and oxygen atoms in total. The van der Waals surface area contributed by atoms with E-state index in [4.69, 9.17) is 9.47 Å². The van der Waals surface area contributed by atoms with Gasteiger partial charge in [0.15, 0.2) is 0 Å². The van der Waals surface area contributed by atoms with Gasteiger partial charge >= 0.3 is 5.97 Å². The summed E-state index contributed by atoms with van der Waals surface area (Å²) in [6, 6.07) is 0. The fraction of sp³-hybridized carbons (Fsp3) is 0.667. The Bertz CT molecular complexity index is 486. The average molecular weight is 284 g/mol. The van der Waals surface area contributed by atoms with Gasteiger partial charge in [-0.25, -0.2) is 13.6 Å². The molecule has 2 heterocycles. The number of rotatable bonds is 1. The van der Waals surface area contributed by atoms with Gasteiger partial charge in [0, 0.05) is 11.5 Å². The first-order chi connectivity index (χ1) is 9.42. The van der Waals surface area contributed by atoms with Crippen LogP contribution in [0.1, 0.15) is 32.6 Å². The molecule has 0 unspecified atom stereocenters. The lowest BCUT2D eigenvalue weighted by molar-refractivity contribution is -0.140. The second-order valence-electron chi connectivity index (χ2n) is 6.01. The molecule has 0 saturated carbocycles.